The van der Waals surface area contributed by atoms with E-state index in [1.807, 2.05) is 45.8 Å². The molecule has 1 aromatic carbocycles. The van der Waals surface area contributed by atoms with E-state index in [1.54, 1.807) is 11.3 Å². The van der Waals surface area contributed by atoms with Crippen molar-refractivity contribution in [1.82, 2.24) is 19.9 Å². The van der Waals surface area contributed by atoms with Crippen LogP contribution in [-0.4, -0.2) is 19.9 Å². The Kier molecular flexibility index (Phi) is 3.46. The first kappa shape index (κ1) is 14.6. The number of hydrogen-bond donors (Lipinski definition) is 0. The van der Waals surface area contributed by atoms with Gasteiger partial charge in [-0.2, -0.15) is 21.4 Å². The van der Waals surface area contributed by atoms with Crippen molar-refractivity contribution in [2.75, 3.05) is 0 Å². The van der Waals surface area contributed by atoms with E-state index in [0.29, 0.717) is 30.6 Å². The molecule has 0 amide bonds. The highest BCUT2D eigenvalue weighted by molar-refractivity contribution is 7.08. The first-order valence-electron chi connectivity index (χ1n) is 7.97. The molecule has 0 fully saturated rings. The molecule has 25 heavy (non-hydrogen) atoms. The van der Waals surface area contributed by atoms with Crippen LogP contribution in [0.1, 0.15) is 17.4 Å². The average molecular weight is 350 g/mol. The van der Waals surface area contributed by atoms with Crippen LogP contribution in [-0.2, 0) is 17.9 Å². The summed E-state index contributed by atoms with van der Waals surface area (Å²) in [5.74, 6) is 1.01. The van der Waals surface area contributed by atoms with Gasteiger partial charge in [0.25, 0.3) is 5.89 Å². The van der Waals surface area contributed by atoms with Gasteiger partial charge in [-0.25, -0.2) is 0 Å². The normalized spacial score (nSPS) is 16.7. The van der Waals surface area contributed by atoms with Crippen LogP contribution < -0.4 is 0 Å². The van der Waals surface area contributed by atoms with E-state index >= 15 is 0 Å². The summed E-state index contributed by atoms with van der Waals surface area (Å²) >= 11 is 1.60. The fourth-order valence-corrected chi connectivity index (χ4v) is 3.57. The van der Waals surface area contributed by atoms with Gasteiger partial charge in [0, 0.05) is 10.9 Å². The number of nitrogens with zero attached hydrogens (tertiary/aromatic N) is 4. The molecular weight excluding hydrogens is 336 g/mol. The van der Waals surface area contributed by atoms with Gasteiger partial charge in [-0.15, -0.1) is 0 Å². The number of benzene rings is 1. The van der Waals surface area contributed by atoms with Crippen LogP contribution >= 0.6 is 11.3 Å². The molecule has 0 saturated heterocycles. The van der Waals surface area contributed by atoms with E-state index in [-0.39, 0.29) is 6.10 Å². The maximum atomic E-state index is 5.98. The Labute approximate surface area is 147 Å². The highest BCUT2D eigenvalue weighted by Crippen LogP contribution is 2.29. The third-order valence-corrected chi connectivity index (χ3v) is 4.91. The predicted octanol–water partition coefficient (Wildman–Crippen LogP) is 3.93. The summed E-state index contributed by atoms with van der Waals surface area (Å²) in [5, 5.41) is 12.7. The topological polar surface area (TPSA) is 66.0 Å². The molecule has 7 heteroatoms. The molecule has 3 aromatic heterocycles. The van der Waals surface area contributed by atoms with Gasteiger partial charge in [0.15, 0.2) is 5.69 Å². The van der Waals surface area contributed by atoms with Gasteiger partial charge in [-0.05, 0) is 23.1 Å². The molecule has 0 saturated carbocycles. The third-order valence-electron chi connectivity index (χ3n) is 4.23. The lowest BCUT2D eigenvalue weighted by Gasteiger charge is -2.24. The van der Waals surface area contributed by atoms with Crippen molar-refractivity contribution in [3.05, 3.63) is 64.5 Å². The van der Waals surface area contributed by atoms with Crippen LogP contribution in [0.5, 0.6) is 0 Å². The zero-order chi connectivity index (χ0) is 16.6. The van der Waals surface area contributed by atoms with E-state index < -0.39 is 0 Å². The van der Waals surface area contributed by atoms with Crippen LogP contribution in [0.15, 0.2) is 57.7 Å². The number of thiophene rings is 1. The molecule has 0 N–H and O–H groups in total. The first-order chi connectivity index (χ1) is 12.4. The Morgan fingerprint density at radius 3 is 2.92 bits per heavy atom. The number of rotatable bonds is 3. The monoisotopic (exact) mass is 350 g/mol. The Hall–Kier alpha value is -2.77. The minimum atomic E-state index is 0.00509. The molecule has 0 spiro atoms. The fourth-order valence-electron chi connectivity index (χ4n) is 2.94. The van der Waals surface area contributed by atoms with E-state index in [2.05, 4.69) is 27.4 Å². The van der Waals surface area contributed by atoms with E-state index in [0.717, 1.165) is 16.8 Å². The Balaban J connectivity index is 1.42. The van der Waals surface area contributed by atoms with Crippen molar-refractivity contribution < 1.29 is 9.26 Å². The standard InChI is InChI=1S/C18H14N4O2S/c1-2-4-12(5-3-1)16-9-22-14(10-23-16)8-15(20-22)18-19-17(21-24-18)13-6-7-25-11-13/h1-8,11,16H,9-10H2/t16-/m1/s1. The molecular formula is C18H14N4O2S. The lowest BCUT2D eigenvalue weighted by molar-refractivity contribution is -0.00113. The van der Waals surface area contributed by atoms with Gasteiger partial charge < -0.3 is 9.26 Å². The molecule has 5 rings (SSSR count). The van der Waals surface area contributed by atoms with Crippen LogP contribution in [0, 0.1) is 0 Å². The third kappa shape index (κ3) is 2.67. The van der Waals surface area contributed by atoms with Crippen molar-refractivity contribution in [2.45, 2.75) is 19.3 Å². The predicted molar refractivity (Wildman–Crippen MR) is 92.8 cm³/mol. The summed E-state index contributed by atoms with van der Waals surface area (Å²) < 4.78 is 13.3. The molecule has 1 aliphatic heterocycles. The number of fused-ring (bicyclic) bond motifs is 1. The molecule has 1 aliphatic rings. The molecule has 0 aliphatic carbocycles. The summed E-state index contributed by atoms with van der Waals surface area (Å²) in [6.45, 7) is 1.18. The summed E-state index contributed by atoms with van der Waals surface area (Å²) in [4.78, 5) is 4.46. The van der Waals surface area contributed by atoms with Crippen molar-refractivity contribution in [1.29, 1.82) is 0 Å². The highest BCUT2D eigenvalue weighted by atomic mass is 32.1. The molecule has 4 heterocycles. The SMILES string of the molecule is c1ccc([C@H]2Cn3nc(-c4nc(-c5ccsc5)no4)cc3CO2)cc1. The maximum Gasteiger partial charge on any atom is 0.278 e. The molecule has 0 radical (unpaired) electrons. The van der Waals surface area contributed by atoms with Crippen LogP contribution in [0.25, 0.3) is 23.0 Å². The number of aromatic nitrogens is 4. The lowest BCUT2D eigenvalue weighted by atomic mass is 10.1. The smallest absolute Gasteiger partial charge is 0.278 e. The minimum Gasteiger partial charge on any atom is -0.365 e. The number of ether oxygens (including phenoxy) is 1. The average Bonchev–Trinajstić information content (AvgIpc) is 3.40. The summed E-state index contributed by atoms with van der Waals surface area (Å²) in [6.07, 6.45) is 0.00509. The largest absolute Gasteiger partial charge is 0.365 e. The first-order valence-corrected chi connectivity index (χ1v) is 8.91. The van der Waals surface area contributed by atoms with Gasteiger partial charge in [-0.3, -0.25) is 4.68 Å². The van der Waals surface area contributed by atoms with Crippen LogP contribution in [0.3, 0.4) is 0 Å². The fraction of sp³-hybridized carbons (Fsp3) is 0.167. The van der Waals surface area contributed by atoms with E-state index in [9.17, 15) is 0 Å². The second-order valence-corrected chi connectivity index (χ2v) is 6.63. The maximum absolute atomic E-state index is 5.98. The summed E-state index contributed by atoms with van der Waals surface area (Å²) in [5.41, 5.74) is 3.80. The zero-order valence-electron chi connectivity index (χ0n) is 13.2. The van der Waals surface area contributed by atoms with Gasteiger partial charge in [0.1, 0.15) is 6.10 Å². The summed E-state index contributed by atoms with van der Waals surface area (Å²) in [7, 11) is 0. The Morgan fingerprint density at radius 2 is 2.08 bits per heavy atom. The second-order valence-electron chi connectivity index (χ2n) is 5.85. The Morgan fingerprint density at radius 1 is 1.16 bits per heavy atom. The second kappa shape index (κ2) is 5.94. The number of hydrogen-bond acceptors (Lipinski definition) is 6. The van der Waals surface area contributed by atoms with Crippen molar-refractivity contribution in [3.63, 3.8) is 0 Å². The molecule has 0 unspecified atom stereocenters. The van der Waals surface area contributed by atoms with Crippen LogP contribution in [0.4, 0.5) is 0 Å². The van der Waals surface area contributed by atoms with Gasteiger partial charge >= 0.3 is 0 Å². The molecule has 0 bridgehead atoms. The van der Waals surface area contributed by atoms with E-state index in [1.165, 1.54) is 0 Å². The quantitative estimate of drug-likeness (QED) is 0.560. The van der Waals surface area contributed by atoms with Crippen LogP contribution in [0.2, 0.25) is 0 Å². The minimum absolute atomic E-state index is 0.00509. The lowest BCUT2D eigenvalue weighted by Crippen LogP contribution is -2.21. The van der Waals surface area contributed by atoms with Gasteiger partial charge in [-0.1, -0.05) is 35.5 Å². The zero-order valence-corrected chi connectivity index (χ0v) is 14.0. The Bertz CT molecular complexity index is 991. The summed E-state index contributed by atoms with van der Waals surface area (Å²) in [6, 6.07) is 14.1. The molecule has 124 valence electrons. The molecule has 1 atom stereocenters. The van der Waals surface area contributed by atoms with Gasteiger partial charge in [0.05, 0.1) is 18.8 Å². The molecule has 6 nitrogen and oxygen atoms in total. The van der Waals surface area contributed by atoms with Crippen molar-refractivity contribution >= 4 is 11.3 Å². The van der Waals surface area contributed by atoms with Gasteiger partial charge in [0.2, 0.25) is 5.82 Å². The van der Waals surface area contributed by atoms with Crippen molar-refractivity contribution in [3.8, 4) is 23.0 Å². The molecule has 4 aromatic rings. The van der Waals surface area contributed by atoms with E-state index in [4.69, 9.17) is 9.26 Å². The van der Waals surface area contributed by atoms with Crippen molar-refractivity contribution in [2.24, 2.45) is 0 Å². The highest BCUT2D eigenvalue weighted by Gasteiger charge is 2.24.